The topological polar surface area (TPSA) is 113 Å². The van der Waals surface area contributed by atoms with E-state index in [4.69, 9.17) is 18.9 Å². The number of ketones is 1. The van der Waals surface area contributed by atoms with Gasteiger partial charge in [-0.3, -0.25) is 14.6 Å². The van der Waals surface area contributed by atoms with Crippen LogP contribution >= 0.6 is 0 Å². The second kappa shape index (κ2) is 11.7. The summed E-state index contributed by atoms with van der Waals surface area (Å²) in [7, 11) is 4.28. The van der Waals surface area contributed by atoms with E-state index in [0.717, 1.165) is 6.07 Å². The number of rotatable bonds is 9. The van der Waals surface area contributed by atoms with Crippen molar-refractivity contribution in [1.82, 2.24) is 15.0 Å². The van der Waals surface area contributed by atoms with Crippen LogP contribution in [0.15, 0.2) is 65.7 Å². The highest BCUT2D eigenvalue weighted by Crippen LogP contribution is 2.35. The van der Waals surface area contributed by atoms with E-state index in [1.165, 1.54) is 70.1 Å². The number of carbonyl (C=O) groups is 1. The molecule has 9 nitrogen and oxygen atoms in total. The van der Waals surface area contributed by atoms with Gasteiger partial charge in [0.2, 0.25) is 5.43 Å². The van der Waals surface area contributed by atoms with Crippen molar-refractivity contribution in [3.8, 4) is 40.0 Å². The smallest absolute Gasteiger partial charge is 0.257 e. The van der Waals surface area contributed by atoms with Crippen LogP contribution in [0.3, 0.4) is 0 Å². The molecule has 0 aliphatic carbocycles. The van der Waals surface area contributed by atoms with Gasteiger partial charge < -0.3 is 23.9 Å². The van der Waals surface area contributed by atoms with Crippen molar-refractivity contribution >= 4 is 16.8 Å². The molecule has 0 bridgehead atoms. The van der Waals surface area contributed by atoms with Crippen LogP contribution in [0.2, 0.25) is 0 Å². The van der Waals surface area contributed by atoms with Crippen molar-refractivity contribution in [1.29, 1.82) is 0 Å². The summed E-state index contributed by atoms with van der Waals surface area (Å²) in [6.45, 7) is 1.59. The van der Waals surface area contributed by atoms with Gasteiger partial charge in [-0.25, -0.2) is 13.8 Å². The molecule has 0 saturated heterocycles. The van der Waals surface area contributed by atoms with E-state index in [0.29, 0.717) is 33.6 Å². The lowest BCUT2D eigenvalue weighted by Crippen LogP contribution is -2.21. The van der Waals surface area contributed by atoms with Crippen molar-refractivity contribution in [2.75, 3.05) is 21.3 Å². The van der Waals surface area contributed by atoms with Crippen LogP contribution in [-0.4, -0.2) is 42.1 Å². The molecule has 42 heavy (non-hydrogen) atoms. The number of methoxy groups -OCH3 is 3. The van der Waals surface area contributed by atoms with E-state index < -0.39 is 22.8 Å². The Kier molecular flexibility index (Phi) is 7.83. The van der Waals surface area contributed by atoms with Gasteiger partial charge in [0, 0.05) is 53.8 Å². The van der Waals surface area contributed by atoms with Crippen LogP contribution in [0.4, 0.5) is 8.78 Å². The molecule has 0 saturated carbocycles. The third-order valence-corrected chi connectivity index (χ3v) is 6.61. The number of aromatic nitrogens is 3. The summed E-state index contributed by atoms with van der Waals surface area (Å²) in [5.41, 5.74) is 1.30. The van der Waals surface area contributed by atoms with Crippen molar-refractivity contribution in [3.63, 3.8) is 0 Å². The number of nitrogens with zero attached hydrogens (tertiary/aromatic N) is 2. The molecule has 0 aliphatic heterocycles. The summed E-state index contributed by atoms with van der Waals surface area (Å²) in [6, 6.07) is 11.0. The highest BCUT2D eigenvalue weighted by Gasteiger charge is 2.21. The fourth-order valence-electron chi connectivity index (χ4n) is 4.56. The van der Waals surface area contributed by atoms with Crippen LogP contribution in [0.1, 0.15) is 21.6 Å². The minimum Gasteiger partial charge on any atom is -0.496 e. The van der Waals surface area contributed by atoms with E-state index in [1.54, 1.807) is 13.0 Å². The molecule has 214 valence electrons. The third kappa shape index (κ3) is 5.36. The molecule has 5 rings (SSSR count). The SMILES string of the molecule is COc1cc(F)ccc1-c1c[nH]c(C)c(C(=O)Cc2ccc(Oc3ccnc4cc(OC)c(OC)nc34)c(F)c2)c1=O. The van der Waals surface area contributed by atoms with Crippen molar-refractivity contribution < 1.29 is 32.5 Å². The monoisotopic (exact) mass is 573 g/mol. The number of aromatic amines is 1. The van der Waals surface area contributed by atoms with Gasteiger partial charge in [-0.1, -0.05) is 6.07 Å². The highest BCUT2D eigenvalue weighted by atomic mass is 19.1. The lowest BCUT2D eigenvalue weighted by Gasteiger charge is -2.13. The Hall–Kier alpha value is -5.32. The van der Waals surface area contributed by atoms with Crippen LogP contribution in [0.25, 0.3) is 22.2 Å². The maximum Gasteiger partial charge on any atom is 0.257 e. The lowest BCUT2D eigenvalue weighted by molar-refractivity contribution is 0.0991. The summed E-state index contributed by atoms with van der Waals surface area (Å²) in [5.74, 6) is -0.894. The standard InChI is InChI=1S/C31H25F2N3O6/c1-16-28(30(38)20(15-35-16)19-7-6-18(32)13-26(19)39-2)23(37)12-17-5-8-24(21(33)11-17)42-25-9-10-34-22-14-27(40-3)31(41-4)36-29(22)25/h5-11,13-15H,12H2,1-4H3,(H,35,38). The first-order chi connectivity index (χ1) is 20.2. The Morgan fingerprint density at radius 1 is 0.881 bits per heavy atom. The molecule has 0 aliphatic rings. The van der Waals surface area contributed by atoms with Gasteiger partial charge in [-0.15, -0.1) is 0 Å². The van der Waals surface area contributed by atoms with Gasteiger partial charge in [0.1, 0.15) is 17.1 Å². The summed E-state index contributed by atoms with van der Waals surface area (Å²) in [6.07, 6.45) is 2.69. The number of aryl methyl sites for hydroxylation is 1. The van der Waals surface area contributed by atoms with E-state index in [1.807, 2.05) is 0 Å². The first-order valence-electron chi connectivity index (χ1n) is 12.7. The van der Waals surface area contributed by atoms with Crippen LogP contribution in [0, 0.1) is 18.6 Å². The van der Waals surface area contributed by atoms with Gasteiger partial charge in [0.15, 0.2) is 28.8 Å². The molecule has 0 fully saturated rings. The van der Waals surface area contributed by atoms with Gasteiger partial charge in [0.25, 0.3) is 5.88 Å². The normalized spacial score (nSPS) is 10.9. The van der Waals surface area contributed by atoms with E-state index >= 15 is 4.39 Å². The van der Waals surface area contributed by atoms with E-state index in [-0.39, 0.29) is 40.7 Å². The van der Waals surface area contributed by atoms with E-state index in [2.05, 4.69) is 15.0 Å². The van der Waals surface area contributed by atoms with Crippen LogP contribution in [-0.2, 0) is 6.42 Å². The van der Waals surface area contributed by atoms with Gasteiger partial charge >= 0.3 is 0 Å². The highest BCUT2D eigenvalue weighted by molar-refractivity contribution is 5.99. The largest absolute Gasteiger partial charge is 0.496 e. The quantitative estimate of drug-likeness (QED) is 0.220. The summed E-state index contributed by atoms with van der Waals surface area (Å²) < 4.78 is 50.4. The number of fused-ring (bicyclic) bond motifs is 1. The molecule has 0 unspecified atom stereocenters. The van der Waals surface area contributed by atoms with Gasteiger partial charge in [0.05, 0.1) is 32.4 Å². The second-order valence-corrected chi connectivity index (χ2v) is 9.22. The number of Topliss-reactive ketones (excluding diaryl/α,β-unsaturated/α-hetero) is 1. The van der Waals surface area contributed by atoms with Crippen LogP contribution in [0.5, 0.6) is 28.9 Å². The average molecular weight is 574 g/mol. The molecule has 0 atom stereocenters. The number of halogens is 2. The summed E-state index contributed by atoms with van der Waals surface area (Å²) in [5, 5.41) is 0. The molecule has 0 radical (unpaired) electrons. The molecular formula is C31H25F2N3O6. The molecule has 11 heteroatoms. The Labute approximate surface area is 238 Å². The summed E-state index contributed by atoms with van der Waals surface area (Å²) in [4.78, 5) is 38.2. The Bertz CT molecular complexity index is 1890. The van der Waals surface area contributed by atoms with Gasteiger partial charge in [-0.05, 0) is 36.8 Å². The molecule has 3 heterocycles. The molecule has 5 aromatic rings. The zero-order valence-corrected chi connectivity index (χ0v) is 23.1. The molecule has 1 N–H and O–H groups in total. The Morgan fingerprint density at radius 3 is 2.38 bits per heavy atom. The number of nitrogens with one attached hydrogen (secondary N) is 1. The molecular weight excluding hydrogens is 548 g/mol. The zero-order chi connectivity index (χ0) is 30.0. The second-order valence-electron chi connectivity index (χ2n) is 9.22. The lowest BCUT2D eigenvalue weighted by atomic mass is 9.97. The van der Waals surface area contributed by atoms with E-state index in [9.17, 15) is 14.0 Å². The number of hydrogen-bond acceptors (Lipinski definition) is 8. The predicted octanol–water partition coefficient (Wildman–Crippen LogP) is 5.82. The fourth-order valence-corrected chi connectivity index (χ4v) is 4.56. The average Bonchev–Trinajstić information content (AvgIpc) is 2.98. The number of benzene rings is 2. The number of H-pyrrole nitrogens is 1. The Morgan fingerprint density at radius 2 is 1.67 bits per heavy atom. The van der Waals surface area contributed by atoms with Crippen molar-refractivity contribution in [3.05, 3.63) is 99.6 Å². The Balaban J connectivity index is 1.42. The first kappa shape index (κ1) is 28.2. The molecule has 3 aromatic heterocycles. The van der Waals surface area contributed by atoms with Gasteiger partial charge in [-0.2, -0.15) is 0 Å². The van der Waals surface area contributed by atoms with Crippen molar-refractivity contribution in [2.45, 2.75) is 13.3 Å². The number of hydrogen-bond donors (Lipinski definition) is 1. The first-order valence-corrected chi connectivity index (χ1v) is 12.7. The number of ether oxygens (including phenoxy) is 4. The maximum absolute atomic E-state index is 15.2. The third-order valence-electron chi connectivity index (χ3n) is 6.61. The minimum absolute atomic E-state index is 0.0849. The summed E-state index contributed by atoms with van der Waals surface area (Å²) >= 11 is 0. The number of carbonyl (C=O) groups excluding carboxylic acids is 1. The zero-order valence-electron chi connectivity index (χ0n) is 23.1. The maximum atomic E-state index is 15.2. The minimum atomic E-state index is -0.721. The molecule has 0 spiro atoms. The predicted molar refractivity (Wildman–Crippen MR) is 151 cm³/mol. The molecule has 2 aromatic carbocycles. The van der Waals surface area contributed by atoms with Crippen LogP contribution < -0.4 is 24.4 Å². The van der Waals surface area contributed by atoms with Crippen molar-refractivity contribution in [2.24, 2.45) is 0 Å². The fraction of sp³-hybridized carbons (Fsp3) is 0.161. The number of pyridine rings is 3. The molecule has 0 amide bonds.